The summed E-state index contributed by atoms with van der Waals surface area (Å²) in [6.07, 6.45) is 4.39. The Labute approximate surface area is 123 Å². The third-order valence-corrected chi connectivity index (χ3v) is 3.67. The number of rotatable bonds is 5. The highest BCUT2D eigenvalue weighted by Crippen LogP contribution is 2.23. The number of carbonyl (C=O) groups is 1. The van der Waals surface area contributed by atoms with Gasteiger partial charge in [0.25, 0.3) is 0 Å². The van der Waals surface area contributed by atoms with Crippen LogP contribution in [-0.2, 0) is 9.53 Å². The van der Waals surface area contributed by atoms with E-state index in [9.17, 15) is 9.18 Å². The first-order valence-corrected chi connectivity index (χ1v) is 7.05. The summed E-state index contributed by atoms with van der Waals surface area (Å²) in [5, 5.41) is 8.57. The van der Waals surface area contributed by atoms with Crippen molar-refractivity contribution in [3.8, 4) is 0 Å². The van der Waals surface area contributed by atoms with Crippen LogP contribution in [-0.4, -0.2) is 37.9 Å². The largest absolute Gasteiger partial charge is 0.478 e. The van der Waals surface area contributed by atoms with Crippen molar-refractivity contribution in [2.45, 2.75) is 12.8 Å². The predicted molar refractivity (Wildman–Crippen MR) is 79.9 cm³/mol. The van der Waals surface area contributed by atoms with E-state index in [1.165, 1.54) is 12.1 Å². The molecule has 4 nitrogen and oxygen atoms in total. The van der Waals surface area contributed by atoms with Crippen molar-refractivity contribution in [2.75, 3.05) is 31.7 Å². The maximum Gasteiger partial charge on any atom is 0.328 e. The van der Waals surface area contributed by atoms with Crippen molar-refractivity contribution < 1.29 is 19.0 Å². The maximum atomic E-state index is 14.1. The van der Waals surface area contributed by atoms with Gasteiger partial charge in [0.05, 0.1) is 5.69 Å². The molecule has 0 saturated carbocycles. The van der Waals surface area contributed by atoms with Gasteiger partial charge in [0.2, 0.25) is 0 Å². The fourth-order valence-corrected chi connectivity index (χ4v) is 2.52. The number of nitrogens with zero attached hydrogens (tertiary/aromatic N) is 1. The number of hydrogen-bond donors (Lipinski definition) is 1. The quantitative estimate of drug-likeness (QED) is 0.848. The molecule has 0 bridgehead atoms. The van der Waals surface area contributed by atoms with E-state index in [4.69, 9.17) is 9.84 Å². The molecule has 114 valence electrons. The highest BCUT2D eigenvalue weighted by molar-refractivity contribution is 5.85. The zero-order valence-electron chi connectivity index (χ0n) is 12.1. The fourth-order valence-electron chi connectivity index (χ4n) is 2.52. The van der Waals surface area contributed by atoms with Crippen LogP contribution in [0.15, 0.2) is 24.3 Å². The second-order valence-electron chi connectivity index (χ2n) is 5.32. The molecular weight excluding hydrogens is 273 g/mol. The summed E-state index contributed by atoms with van der Waals surface area (Å²) in [7, 11) is 1.88. The number of aliphatic carboxylic acids is 1. The topological polar surface area (TPSA) is 49.8 Å². The van der Waals surface area contributed by atoms with E-state index in [0.717, 1.165) is 38.7 Å². The summed E-state index contributed by atoms with van der Waals surface area (Å²) in [5.74, 6) is -0.858. The number of hydrogen-bond acceptors (Lipinski definition) is 3. The van der Waals surface area contributed by atoms with Crippen LogP contribution in [0.1, 0.15) is 18.4 Å². The minimum atomic E-state index is -1.05. The first-order valence-electron chi connectivity index (χ1n) is 7.05. The second kappa shape index (κ2) is 7.22. The van der Waals surface area contributed by atoms with Gasteiger partial charge >= 0.3 is 5.97 Å². The van der Waals surface area contributed by atoms with Gasteiger partial charge in [-0.15, -0.1) is 0 Å². The molecule has 1 N–H and O–H groups in total. The van der Waals surface area contributed by atoms with Crippen LogP contribution in [0.4, 0.5) is 10.1 Å². The van der Waals surface area contributed by atoms with Crippen LogP contribution >= 0.6 is 0 Å². The van der Waals surface area contributed by atoms with Gasteiger partial charge in [-0.2, -0.15) is 0 Å². The van der Waals surface area contributed by atoms with Crippen LogP contribution in [0, 0.1) is 11.7 Å². The Morgan fingerprint density at radius 1 is 1.48 bits per heavy atom. The van der Waals surface area contributed by atoms with Crippen LogP contribution in [0.2, 0.25) is 0 Å². The van der Waals surface area contributed by atoms with Gasteiger partial charge in [-0.3, -0.25) is 0 Å². The summed E-state index contributed by atoms with van der Waals surface area (Å²) < 4.78 is 19.5. The highest BCUT2D eigenvalue weighted by atomic mass is 19.1. The average Bonchev–Trinajstić information content (AvgIpc) is 2.46. The number of benzene rings is 1. The van der Waals surface area contributed by atoms with Gasteiger partial charge in [0, 0.05) is 32.9 Å². The molecule has 21 heavy (non-hydrogen) atoms. The van der Waals surface area contributed by atoms with Crippen LogP contribution in [0.25, 0.3) is 6.08 Å². The number of halogens is 1. The van der Waals surface area contributed by atoms with E-state index in [0.29, 0.717) is 17.2 Å². The normalized spacial score (nSPS) is 16.3. The van der Waals surface area contributed by atoms with Gasteiger partial charge in [-0.25, -0.2) is 9.18 Å². The van der Waals surface area contributed by atoms with E-state index in [1.54, 1.807) is 12.1 Å². The molecule has 2 rings (SSSR count). The second-order valence-corrected chi connectivity index (χ2v) is 5.32. The van der Waals surface area contributed by atoms with E-state index in [1.807, 2.05) is 11.9 Å². The number of carboxylic acid groups (broad SMARTS) is 1. The molecular formula is C16H20FNO3. The summed E-state index contributed by atoms with van der Waals surface area (Å²) in [6, 6.07) is 4.77. The predicted octanol–water partition coefficient (Wildman–Crippen LogP) is 2.79. The molecule has 0 spiro atoms. The van der Waals surface area contributed by atoms with E-state index < -0.39 is 5.97 Å². The molecule has 0 amide bonds. The summed E-state index contributed by atoms with van der Waals surface area (Å²) >= 11 is 0. The first-order chi connectivity index (χ1) is 10.1. The van der Waals surface area contributed by atoms with Gasteiger partial charge in [0.15, 0.2) is 0 Å². The molecule has 1 saturated heterocycles. The van der Waals surface area contributed by atoms with Crippen molar-refractivity contribution >= 4 is 17.7 Å². The average molecular weight is 293 g/mol. The molecule has 1 aliphatic heterocycles. The number of carboxylic acids is 1. The third kappa shape index (κ3) is 4.56. The Kier molecular flexibility index (Phi) is 5.33. The van der Waals surface area contributed by atoms with Crippen molar-refractivity contribution in [1.82, 2.24) is 0 Å². The van der Waals surface area contributed by atoms with Crippen molar-refractivity contribution in [2.24, 2.45) is 5.92 Å². The molecule has 0 atom stereocenters. The molecule has 0 unspecified atom stereocenters. The lowest BCUT2D eigenvalue weighted by molar-refractivity contribution is -0.131. The summed E-state index contributed by atoms with van der Waals surface area (Å²) in [6.45, 7) is 2.35. The molecule has 1 heterocycles. The lowest BCUT2D eigenvalue weighted by Crippen LogP contribution is -2.30. The standard InChI is InChI=1S/C16H20FNO3/c1-18(11-13-6-8-21-9-7-13)15-4-2-12(10-14(15)17)3-5-16(19)20/h2-5,10,13H,6-9,11H2,1H3,(H,19,20). The van der Waals surface area contributed by atoms with Gasteiger partial charge in [-0.05, 0) is 42.5 Å². The zero-order valence-corrected chi connectivity index (χ0v) is 12.1. The van der Waals surface area contributed by atoms with E-state index in [2.05, 4.69) is 0 Å². The summed E-state index contributed by atoms with van der Waals surface area (Å²) in [4.78, 5) is 12.4. The maximum absolute atomic E-state index is 14.1. The van der Waals surface area contributed by atoms with Crippen LogP contribution in [0.3, 0.4) is 0 Å². The monoisotopic (exact) mass is 293 g/mol. The Bertz CT molecular complexity index is 524. The minimum Gasteiger partial charge on any atom is -0.478 e. The molecule has 5 heteroatoms. The lowest BCUT2D eigenvalue weighted by Gasteiger charge is -2.28. The molecule has 1 fully saturated rings. The molecule has 1 aromatic carbocycles. The molecule has 0 aliphatic carbocycles. The van der Waals surface area contributed by atoms with Crippen molar-refractivity contribution in [3.05, 3.63) is 35.7 Å². The summed E-state index contributed by atoms with van der Waals surface area (Å²) in [5.41, 5.74) is 1.08. The van der Waals surface area contributed by atoms with Gasteiger partial charge in [-0.1, -0.05) is 6.07 Å². The number of anilines is 1. The minimum absolute atomic E-state index is 0.336. The van der Waals surface area contributed by atoms with Gasteiger partial charge in [0.1, 0.15) is 5.82 Å². The van der Waals surface area contributed by atoms with Crippen LogP contribution < -0.4 is 4.90 Å². The highest BCUT2D eigenvalue weighted by Gasteiger charge is 2.17. The Morgan fingerprint density at radius 2 is 2.19 bits per heavy atom. The SMILES string of the molecule is CN(CC1CCOCC1)c1ccc(C=CC(=O)O)cc1F. The Morgan fingerprint density at radius 3 is 2.81 bits per heavy atom. The van der Waals surface area contributed by atoms with E-state index in [-0.39, 0.29) is 5.82 Å². The molecule has 0 aromatic heterocycles. The zero-order chi connectivity index (χ0) is 15.2. The molecule has 1 aromatic rings. The smallest absolute Gasteiger partial charge is 0.328 e. The Hall–Kier alpha value is -1.88. The lowest BCUT2D eigenvalue weighted by atomic mass is 9.99. The first kappa shape index (κ1) is 15.5. The third-order valence-electron chi connectivity index (χ3n) is 3.67. The molecule has 0 radical (unpaired) electrons. The van der Waals surface area contributed by atoms with Crippen molar-refractivity contribution in [3.63, 3.8) is 0 Å². The van der Waals surface area contributed by atoms with Crippen molar-refractivity contribution in [1.29, 1.82) is 0 Å². The van der Waals surface area contributed by atoms with Gasteiger partial charge < -0.3 is 14.7 Å². The fraction of sp³-hybridized carbons (Fsp3) is 0.438. The molecule has 1 aliphatic rings. The van der Waals surface area contributed by atoms with Crippen LogP contribution in [0.5, 0.6) is 0 Å². The number of ether oxygens (including phenoxy) is 1. The Balaban J connectivity index is 2.03. The van der Waals surface area contributed by atoms with E-state index >= 15 is 0 Å².